The van der Waals surface area contributed by atoms with Gasteiger partial charge in [-0.25, -0.2) is 0 Å². The van der Waals surface area contributed by atoms with Gasteiger partial charge in [-0.3, -0.25) is 0 Å². The Balaban J connectivity index is 0.00000289. The van der Waals surface area contributed by atoms with E-state index in [1.807, 2.05) is 7.05 Å². The van der Waals surface area contributed by atoms with E-state index in [1.165, 1.54) is 24.1 Å². The van der Waals surface area contributed by atoms with Gasteiger partial charge in [0.05, 0.1) is 0 Å². The predicted molar refractivity (Wildman–Crippen MR) is 75.8 cm³/mol. The van der Waals surface area contributed by atoms with Crippen molar-refractivity contribution in [1.29, 1.82) is 0 Å². The zero-order valence-corrected chi connectivity index (χ0v) is 13.3. The number of benzene rings is 1. The van der Waals surface area contributed by atoms with E-state index in [4.69, 9.17) is 0 Å². The smallest absolute Gasteiger partial charge is 0.00188 e. The largest absolute Gasteiger partial charge is 0.665 e. The summed E-state index contributed by atoms with van der Waals surface area (Å²) in [6.07, 6.45) is 3.44. The molecular formula is C15H25N2V-. The van der Waals surface area contributed by atoms with E-state index in [9.17, 15) is 0 Å². The van der Waals surface area contributed by atoms with Crippen molar-refractivity contribution >= 4 is 0 Å². The zero-order chi connectivity index (χ0) is 12.5. The van der Waals surface area contributed by atoms with Crippen molar-refractivity contribution in [2.45, 2.75) is 26.2 Å². The number of hydrogen-bond acceptors (Lipinski definition) is 1. The van der Waals surface area contributed by atoms with Crippen LogP contribution >= 0.6 is 0 Å². The fourth-order valence-electron chi connectivity index (χ4n) is 1.93. The van der Waals surface area contributed by atoms with Crippen molar-refractivity contribution in [1.82, 2.24) is 4.90 Å². The molecule has 1 aromatic carbocycles. The number of hydrogen-bond donors (Lipinski definition) is 0. The molecule has 1 rings (SSSR count). The Morgan fingerprint density at radius 1 is 1.00 bits per heavy atom. The van der Waals surface area contributed by atoms with E-state index < -0.39 is 0 Å². The molecule has 0 spiro atoms. The summed E-state index contributed by atoms with van der Waals surface area (Å²) in [7, 11) is 4.07. The predicted octanol–water partition coefficient (Wildman–Crippen LogP) is 3.11. The van der Waals surface area contributed by atoms with Crippen LogP contribution in [0.4, 0.5) is 0 Å². The molecule has 0 atom stereocenters. The first kappa shape index (κ1) is 17.7. The van der Waals surface area contributed by atoms with E-state index in [-0.39, 0.29) is 18.6 Å². The van der Waals surface area contributed by atoms with Crippen molar-refractivity contribution in [2.24, 2.45) is 0 Å². The topological polar surface area (TPSA) is 17.3 Å². The molecule has 0 bridgehead atoms. The van der Waals surface area contributed by atoms with Gasteiger partial charge in [-0.2, -0.15) is 7.05 Å². The van der Waals surface area contributed by atoms with Crippen molar-refractivity contribution < 1.29 is 18.6 Å². The van der Waals surface area contributed by atoms with E-state index in [0.717, 1.165) is 25.9 Å². The van der Waals surface area contributed by atoms with Crippen LogP contribution in [0.15, 0.2) is 24.3 Å². The maximum atomic E-state index is 4.13. The Labute approximate surface area is 124 Å². The monoisotopic (exact) mass is 284 g/mol. The molecule has 18 heavy (non-hydrogen) atoms. The summed E-state index contributed by atoms with van der Waals surface area (Å²) in [5.74, 6) is 0. The molecule has 2 nitrogen and oxygen atoms in total. The van der Waals surface area contributed by atoms with Crippen LogP contribution in [0.1, 0.15) is 24.5 Å². The number of nitrogens with zero attached hydrogens (tertiary/aromatic N) is 2. The third kappa shape index (κ3) is 7.22. The summed E-state index contributed by atoms with van der Waals surface area (Å²) in [4.78, 5) is 2.39. The maximum absolute atomic E-state index is 4.13. The van der Waals surface area contributed by atoms with Gasteiger partial charge in [0.1, 0.15) is 0 Å². The molecule has 0 fully saturated rings. The molecule has 1 radical (unpaired) electrons. The molecule has 1 aromatic rings. The molecule has 0 saturated heterocycles. The fraction of sp³-hybridized carbons (Fsp3) is 0.600. The Morgan fingerprint density at radius 2 is 1.56 bits per heavy atom. The number of rotatable bonds is 8. The summed E-state index contributed by atoms with van der Waals surface area (Å²) in [6.45, 7) is 5.50. The van der Waals surface area contributed by atoms with Gasteiger partial charge in [0.2, 0.25) is 0 Å². The second-order valence-electron chi connectivity index (χ2n) is 4.66. The normalized spacial score (nSPS) is 10.4. The second kappa shape index (κ2) is 10.6. The maximum Gasteiger partial charge on any atom is 0.00188 e. The van der Waals surface area contributed by atoms with Crippen molar-refractivity contribution in [3.05, 3.63) is 40.7 Å². The Kier molecular flexibility index (Phi) is 10.5. The summed E-state index contributed by atoms with van der Waals surface area (Å²) in [5, 5.41) is 4.13. The van der Waals surface area contributed by atoms with E-state index in [1.54, 1.807) is 0 Å². The minimum atomic E-state index is 0. The fourth-order valence-corrected chi connectivity index (χ4v) is 1.93. The summed E-state index contributed by atoms with van der Waals surface area (Å²) in [6, 6.07) is 8.98. The van der Waals surface area contributed by atoms with Gasteiger partial charge in [-0.15, -0.1) is 6.54 Å². The first-order valence-electron chi connectivity index (χ1n) is 6.58. The first-order valence-corrected chi connectivity index (χ1v) is 6.58. The molecule has 0 aliphatic carbocycles. The number of likely N-dealkylation sites (N-methyl/N-ethyl adjacent to an activating group) is 2. The molecule has 101 valence electrons. The van der Waals surface area contributed by atoms with Gasteiger partial charge in [-0.05, 0) is 44.0 Å². The molecule has 0 saturated carbocycles. The molecule has 0 aliphatic heterocycles. The molecule has 0 aliphatic rings. The van der Waals surface area contributed by atoms with Crippen LogP contribution in [-0.4, -0.2) is 38.6 Å². The molecule has 0 heterocycles. The molecule has 0 unspecified atom stereocenters. The van der Waals surface area contributed by atoms with Crippen molar-refractivity contribution in [3.8, 4) is 0 Å². The van der Waals surface area contributed by atoms with Crippen LogP contribution in [0.3, 0.4) is 0 Å². The van der Waals surface area contributed by atoms with Gasteiger partial charge >= 0.3 is 0 Å². The minimum absolute atomic E-state index is 0. The Bertz CT molecular complexity index is 298. The van der Waals surface area contributed by atoms with Gasteiger partial charge in [0, 0.05) is 25.1 Å². The molecule has 3 heteroatoms. The van der Waals surface area contributed by atoms with Crippen LogP contribution in [0, 0.1) is 0 Å². The molecule has 0 aromatic heterocycles. The van der Waals surface area contributed by atoms with Crippen LogP contribution in [0.5, 0.6) is 0 Å². The van der Waals surface area contributed by atoms with Crippen molar-refractivity contribution in [2.75, 3.05) is 33.7 Å². The molecular weight excluding hydrogens is 259 g/mol. The Hall–Kier alpha value is -0.276. The second-order valence-corrected chi connectivity index (χ2v) is 4.66. The van der Waals surface area contributed by atoms with Crippen molar-refractivity contribution in [3.63, 3.8) is 0 Å². The van der Waals surface area contributed by atoms with Crippen LogP contribution in [-0.2, 0) is 31.4 Å². The first-order chi connectivity index (χ1) is 8.26. The minimum Gasteiger partial charge on any atom is -0.665 e. The average Bonchev–Trinajstić information content (AvgIpc) is 2.35. The summed E-state index contributed by atoms with van der Waals surface area (Å²) in [5.41, 5.74) is 2.83. The third-order valence-electron chi connectivity index (χ3n) is 3.03. The van der Waals surface area contributed by atoms with Gasteiger partial charge in [0.25, 0.3) is 0 Å². The Morgan fingerprint density at radius 3 is 2.06 bits per heavy atom. The van der Waals surface area contributed by atoms with E-state index >= 15 is 0 Å². The zero-order valence-electron chi connectivity index (χ0n) is 11.9. The van der Waals surface area contributed by atoms with Crippen LogP contribution < -0.4 is 0 Å². The molecule has 0 N–H and O–H groups in total. The SMILES string of the molecule is CCCN(C)CCc1ccc(CC[N-]C)cc1.[V]. The average molecular weight is 284 g/mol. The van der Waals surface area contributed by atoms with Gasteiger partial charge in [0.15, 0.2) is 0 Å². The quantitative estimate of drug-likeness (QED) is 0.717. The summed E-state index contributed by atoms with van der Waals surface area (Å²) < 4.78 is 0. The summed E-state index contributed by atoms with van der Waals surface area (Å²) >= 11 is 0. The standard InChI is InChI=1S/C15H25N2.V/c1-4-12-17(3)13-10-15-7-5-14(6-8-15)9-11-16-2;/h5-8H,4,9-13H2,1-3H3;/q-1;. The van der Waals surface area contributed by atoms with Gasteiger partial charge in [-0.1, -0.05) is 31.2 Å². The van der Waals surface area contributed by atoms with Crippen LogP contribution in [0.25, 0.3) is 5.32 Å². The van der Waals surface area contributed by atoms with Gasteiger partial charge < -0.3 is 10.2 Å². The molecule has 0 amide bonds. The van der Waals surface area contributed by atoms with E-state index in [0.29, 0.717) is 0 Å². The van der Waals surface area contributed by atoms with Crippen LogP contribution in [0.2, 0.25) is 0 Å². The third-order valence-corrected chi connectivity index (χ3v) is 3.03. The van der Waals surface area contributed by atoms with E-state index in [2.05, 4.69) is 48.5 Å².